The fraction of sp³-hybridized carbons (Fsp3) is 0.700. The van der Waals surface area contributed by atoms with Gasteiger partial charge in [-0.25, -0.2) is 4.79 Å². The van der Waals surface area contributed by atoms with Crippen molar-refractivity contribution in [2.75, 3.05) is 37.1 Å². The minimum Gasteiger partial charge on any atom is -0.493 e. The van der Waals surface area contributed by atoms with Gasteiger partial charge in [0.1, 0.15) is 23.0 Å². The largest absolute Gasteiger partial charge is 0.493 e. The molecule has 3 aromatic rings. The van der Waals surface area contributed by atoms with Crippen molar-refractivity contribution in [1.82, 2.24) is 0 Å². The molecular weight excluding hydrogens is 997 g/mol. The molecule has 0 aliphatic rings. The normalized spacial score (nSPS) is 11.2. The maximum absolute atomic E-state index is 14.3. The van der Waals surface area contributed by atoms with Gasteiger partial charge in [-0.3, -0.25) is 9.59 Å². The summed E-state index contributed by atoms with van der Waals surface area (Å²) in [7, 11) is 0. The second kappa shape index (κ2) is 46.8. The fourth-order valence-electron chi connectivity index (χ4n) is 10.3. The molecule has 0 saturated heterocycles. The lowest BCUT2D eigenvalue weighted by Crippen LogP contribution is -2.17. The number of benzene rings is 3. The number of carboxylic acid groups (broad SMARTS) is 1. The van der Waals surface area contributed by atoms with Crippen molar-refractivity contribution in [2.24, 2.45) is 0 Å². The van der Waals surface area contributed by atoms with Crippen LogP contribution < -0.4 is 29.6 Å². The van der Waals surface area contributed by atoms with Crippen molar-refractivity contribution < 1.29 is 38.4 Å². The van der Waals surface area contributed by atoms with Gasteiger partial charge in [0.15, 0.2) is 0 Å². The molecule has 3 rings (SSSR count). The predicted octanol–water partition coefficient (Wildman–Crippen LogP) is 21.4. The SMILES string of the molecule is CCCCCCCCCCCCOc1cc(OCCCCCCCCCCCC)cc(C(=O)Nc2cc(C(=O)O)cc(NC(=O)c3cc(OCCCCCCCCCCCC)cc(OCCCCCCCCCCCC)c3)c2C)c1. The Bertz CT molecular complexity index is 1850. The molecule has 452 valence electrons. The van der Waals surface area contributed by atoms with Crippen molar-refractivity contribution in [3.8, 4) is 23.0 Å². The van der Waals surface area contributed by atoms with E-state index >= 15 is 0 Å². The zero-order chi connectivity index (χ0) is 57.5. The second-order valence-corrected chi connectivity index (χ2v) is 22.9. The number of carboxylic acids is 1. The van der Waals surface area contributed by atoms with Crippen LogP contribution in [0.5, 0.6) is 23.0 Å². The molecule has 10 nitrogen and oxygen atoms in total. The number of aromatic carboxylic acids is 1. The first-order valence-corrected chi connectivity index (χ1v) is 33.0. The first-order chi connectivity index (χ1) is 39.2. The van der Waals surface area contributed by atoms with Crippen LogP contribution in [0.15, 0.2) is 48.5 Å². The summed E-state index contributed by atoms with van der Waals surface area (Å²) in [5.74, 6) is 0.129. The van der Waals surface area contributed by atoms with Crippen LogP contribution in [0.4, 0.5) is 11.4 Å². The molecule has 10 heteroatoms. The monoisotopic (exact) mass is 1110 g/mol. The third-order valence-electron chi connectivity index (χ3n) is 15.5. The smallest absolute Gasteiger partial charge is 0.335 e. The highest BCUT2D eigenvalue weighted by Crippen LogP contribution is 2.31. The third kappa shape index (κ3) is 33.3. The minimum atomic E-state index is -1.19. The standard InChI is InChI=1S/C70H114N2O8/c1-6-10-14-18-22-26-30-34-38-42-46-77-62-50-59(51-63(56-62)78-47-43-39-35-31-27-23-19-15-11-7-2)68(73)71-66-54-61(70(75)76)55-67(58(66)5)72-69(74)60-52-64(79-48-44-40-36-32-28-24-20-16-12-8-3)57-65(53-60)80-49-45-41-37-33-29-25-21-17-13-9-4/h50-57H,6-49H2,1-5H3,(H,71,73)(H,72,74)(H,75,76). The molecule has 0 bridgehead atoms. The van der Waals surface area contributed by atoms with Crippen molar-refractivity contribution in [3.63, 3.8) is 0 Å². The molecule has 0 aliphatic heterocycles. The van der Waals surface area contributed by atoms with E-state index in [9.17, 15) is 19.5 Å². The number of rotatable bonds is 53. The number of amides is 2. The molecule has 0 aromatic heterocycles. The van der Waals surface area contributed by atoms with Gasteiger partial charge in [0.05, 0.1) is 32.0 Å². The Morgan fingerprint density at radius 2 is 0.525 bits per heavy atom. The van der Waals surface area contributed by atoms with Crippen molar-refractivity contribution in [3.05, 3.63) is 70.8 Å². The number of unbranched alkanes of at least 4 members (excludes halogenated alkanes) is 36. The molecule has 0 atom stereocenters. The zero-order valence-electron chi connectivity index (χ0n) is 51.5. The number of carbonyl (C=O) groups is 3. The van der Waals surface area contributed by atoms with Crippen LogP contribution in [-0.2, 0) is 0 Å². The highest BCUT2D eigenvalue weighted by molar-refractivity contribution is 6.09. The number of hydrogen-bond donors (Lipinski definition) is 3. The average Bonchev–Trinajstić information content (AvgIpc) is 3.47. The lowest BCUT2D eigenvalue weighted by molar-refractivity contribution is 0.0696. The molecule has 3 aromatic carbocycles. The van der Waals surface area contributed by atoms with E-state index in [0.717, 1.165) is 51.4 Å². The first-order valence-electron chi connectivity index (χ1n) is 33.0. The lowest BCUT2D eigenvalue weighted by atomic mass is 10.1. The van der Waals surface area contributed by atoms with Crippen LogP contribution >= 0.6 is 0 Å². The van der Waals surface area contributed by atoms with Crippen molar-refractivity contribution in [2.45, 2.75) is 291 Å². The molecule has 2 amide bonds. The molecule has 0 radical (unpaired) electrons. The molecule has 0 heterocycles. The Balaban J connectivity index is 1.74. The summed E-state index contributed by atoms with van der Waals surface area (Å²) in [4.78, 5) is 41.1. The molecule has 0 aliphatic carbocycles. The molecule has 0 spiro atoms. The number of anilines is 2. The molecule has 0 saturated carbocycles. The number of hydrogen-bond acceptors (Lipinski definition) is 7. The van der Waals surface area contributed by atoms with Crippen LogP contribution in [0.2, 0.25) is 0 Å². The Hall–Kier alpha value is -4.73. The summed E-state index contributed by atoms with van der Waals surface area (Å²) in [6, 6.07) is 13.5. The molecule has 80 heavy (non-hydrogen) atoms. The van der Waals surface area contributed by atoms with Gasteiger partial charge in [-0.2, -0.15) is 0 Å². The topological polar surface area (TPSA) is 132 Å². The number of ether oxygens (including phenoxy) is 4. The average molecular weight is 1110 g/mol. The van der Waals surface area contributed by atoms with Gasteiger partial charge in [0, 0.05) is 34.6 Å². The van der Waals surface area contributed by atoms with Crippen molar-refractivity contribution >= 4 is 29.2 Å². The minimum absolute atomic E-state index is 0.0793. The molecule has 0 fully saturated rings. The van der Waals surface area contributed by atoms with Crippen LogP contribution in [0.3, 0.4) is 0 Å². The van der Waals surface area contributed by atoms with E-state index in [1.807, 2.05) is 12.1 Å². The summed E-state index contributed by atoms with van der Waals surface area (Å²) in [6.07, 6.45) is 49.1. The van der Waals surface area contributed by atoms with Gasteiger partial charge in [-0.15, -0.1) is 0 Å². The van der Waals surface area contributed by atoms with E-state index in [0.29, 0.717) is 66.1 Å². The summed E-state index contributed by atoms with van der Waals surface area (Å²) < 4.78 is 25.1. The van der Waals surface area contributed by atoms with Crippen LogP contribution in [0.25, 0.3) is 0 Å². The third-order valence-corrected chi connectivity index (χ3v) is 15.5. The maximum Gasteiger partial charge on any atom is 0.335 e. The Kier molecular flexibility index (Phi) is 40.7. The van der Waals surface area contributed by atoms with E-state index in [2.05, 4.69) is 38.3 Å². The highest BCUT2D eigenvalue weighted by Gasteiger charge is 2.19. The fourth-order valence-corrected chi connectivity index (χ4v) is 10.3. The van der Waals surface area contributed by atoms with Crippen molar-refractivity contribution in [1.29, 1.82) is 0 Å². The van der Waals surface area contributed by atoms with E-state index < -0.39 is 17.8 Å². The molecular formula is C70H114N2O8. The first kappa shape index (κ1) is 69.5. The number of carbonyl (C=O) groups excluding carboxylic acids is 2. The van der Waals surface area contributed by atoms with Crippen LogP contribution in [0.1, 0.15) is 321 Å². The Labute approximate surface area is 487 Å². The van der Waals surface area contributed by atoms with Gasteiger partial charge in [0.2, 0.25) is 0 Å². The zero-order valence-corrected chi connectivity index (χ0v) is 51.5. The Morgan fingerprint density at radius 1 is 0.312 bits per heavy atom. The van der Waals surface area contributed by atoms with Gasteiger partial charge in [0.25, 0.3) is 11.8 Å². The van der Waals surface area contributed by atoms with Gasteiger partial charge in [-0.05, 0) is 74.6 Å². The van der Waals surface area contributed by atoms with Crippen LogP contribution in [-0.4, -0.2) is 49.3 Å². The molecule has 3 N–H and O–H groups in total. The number of nitrogens with one attached hydrogen (secondary N) is 2. The summed E-state index contributed by atoms with van der Waals surface area (Å²) in [5.41, 5.74) is 1.62. The predicted molar refractivity (Wildman–Crippen MR) is 336 cm³/mol. The van der Waals surface area contributed by atoms with Crippen LogP contribution in [0, 0.1) is 6.92 Å². The van der Waals surface area contributed by atoms with Gasteiger partial charge in [-0.1, -0.05) is 259 Å². The Morgan fingerprint density at radius 3 is 0.738 bits per heavy atom. The summed E-state index contributed by atoms with van der Waals surface area (Å²) >= 11 is 0. The summed E-state index contributed by atoms with van der Waals surface area (Å²) in [6.45, 7) is 12.9. The van der Waals surface area contributed by atoms with E-state index in [-0.39, 0.29) is 16.9 Å². The molecule has 0 unspecified atom stereocenters. The van der Waals surface area contributed by atoms with E-state index in [1.165, 1.54) is 218 Å². The van der Waals surface area contributed by atoms with Gasteiger partial charge >= 0.3 is 5.97 Å². The summed E-state index contributed by atoms with van der Waals surface area (Å²) in [5, 5.41) is 16.2. The van der Waals surface area contributed by atoms with E-state index in [4.69, 9.17) is 18.9 Å². The van der Waals surface area contributed by atoms with E-state index in [1.54, 1.807) is 31.2 Å². The maximum atomic E-state index is 14.3. The lowest BCUT2D eigenvalue weighted by Gasteiger charge is -2.17. The van der Waals surface area contributed by atoms with Gasteiger partial charge < -0.3 is 34.7 Å². The highest BCUT2D eigenvalue weighted by atomic mass is 16.5. The quantitative estimate of drug-likeness (QED) is 0.0476. The second-order valence-electron chi connectivity index (χ2n) is 22.9.